The van der Waals surface area contributed by atoms with Crippen LogP contribution in [0.4, 0.5) is 0 Å². The van der Waals surface area contributed by atoms with E-state index in [0.717, 1.165) is 58.4 Å². The Hall–Kier alpha value is -1.40. The molecule has 1 fully saturated rings. The Balaban J connectivity index is 1.74. The fraction of sp³-hybridized carbons (Fsp3) is 0.789. The molecule has 140 valence electrons. The number of hydrogen-bond acceptors (Lipinski definition) is 4. The predicted octanol–water partition coefficient (Wildman–Crippen LogP) is 1.91. The van der Waals surface area contributed by atoms with Gasteiger partial charge >= 0.3 is 0 Å². The third-order valence-electron chi connectivity index (χ3n) is 5.65. The standard InChI is InChI=1S/C19H32N4O2/c1-15(2)19(25)23-11-5-16(6-12-23)17-18-20-7-13-22(18)9-3-8-21(17)10-4-14-24/h7,13,15-17,24H,3-6,8-12,14H2,1-2H3. The number of imidazole rings is 1. The number of amides is 1. The van der Waals surface area contributed by atoms with Gasteiger partial charge in [-0.1, -0.05) is 13.8 Å². The van der Waals surface area contributed by atoms with Crippen LogP contribution in [0.3, 0.4) is 0 Å². The topological polar surface area (TPSA) is 61.6 Å². The molecule has 0 saturated carbocycles. The van der Waals surface area contributed by atoms with Crippen LogP contribution in [-0.4, -0.2) is 63.2 Å². The van der Waals surface area contributed by atoms with Gasteiger partial charge < -0.3 is 14.6 Å². The van der Waals surface area contributed by atoms with E-state index >= 15 is 0 Å². The lowest BCUT2D eigenvalue weighted by Gasteiger charge is -2.40. The lowest BCUT2D eigenvalue weighted by atomic mass is 9.87. The van der Waals surface area contributed by atoms with Gasteiger partial charge in [0.05, 0.1) is 6.04 Å². The van der Waals surface area contributed by atoms with Crippen LogP contribution in [0.1, 0.15) is 51.4 Å². The van der Waals surface area contributed by atoms with Crippen molar-refractivity contribution in [3.05, 3.63) is 18.2 Å². The number of aliphatic hydroxyl groups is 1. The van der Waals surface area contributed by atoms with Gasteiger partial charge in [0.25, 0.3) is 0 Å². The van der Waals surface area contributed by atoms with Crippen molar-refractivity contribution in [2.24, 2.45) is 11.8 Å². The average Bonchev–Trinajstić information content (AvgIpc) is 3.00. The normalized spacial score (nSPS) is 22.9. The van der Waals surface area contributed by atoms with Crippen LogP contribution in [0.15, 0.2) is 12.4 Å². The van der Waals surface area contributed by atoms with E-state index in [1.807, 2.05) is 24.9 Å². The SMILES string of the molecule is CC(C)C(=O)N1CCC(C2c3nccn3CCCN2CCCO)CC1. The van der Waals surface area contributed by atoms with E-state index in [2.05, 4.69) is 15.7 Å². The molecular formula is C19H32N4O2. The first-order chi connectivity index (χ1) is 12.1. The third-order valence-corrected chi connectivity index (χ3v) is 5.65. The fourth-order valence-electron chi connectivity index (χ4n) is 4.36. The highest BCUT2D eigenvalue weighted by molar-refractivity contribution is 5.78. The molecule has 1 aromatic heterocycles. The summed E-state index contributed by atoms with van der Waals surface area (Å²) >= 11 is 0. The Kier molecular flexibility index (Phi) is 6.12. The van der Waals surface area contributed by atoms with E-state index < -0.39 is 0 Å². The molecule has 0 radical (unpaired) electrons. The summed E-state index contributed by atoms with van der Waals surface area (Å²) in [5.74, 6) is 2.05. The van der Waals surface area contributed by atoms with Gasteiger partial charge in [0.2, 0.25) is 5.91 Å². The molecule has 0 aliphatic carbocycles. The van der Waals surface area contributed by atoms with Crippen LogP contribution in [0.25, 0.3) is 0 Å². The smallest absolute Gasteiger partial charge is 0.225 e. The Bertz CT molecular complexity index is 564. The van der Waals surface area contributed by atoms with E-state index in [9.17, 15) is 9.90 Å². The minimum Gasteiger partial charge on any atom is -0.396 e. The maximum absolute atomic E-state index is 12.3. The molecule has 0 aromatic carbocycles. The van der Waals surface area contributed by atoms with E-state index in [4.69, 9.17) is 4.98 Å². The van der Waals surface area contributed by atoms with Crippen molar-refractivity contribution in [2.45, 2.75) is 52.1 Å². The van der Waals surface area contributed by atoms with Crippen molar-refractivity contribution < 1.29 is 9.90 Å². The van der Waals surface area contributed by atoms with Crippen LogP contribution in [-0.2, 0) is 11.3 Å². The molecule has 1 saturated heterocycles. The predicted molar refractivity (Wildman–Crippen MR) is 97.0 cm³/mol. The number of nitrogens with zero attached hydrogens (tertiary/aromatic N) is 4. The molecule has 1 amide bonds. The number of carbonyl (C=O) groups is 1. The van der Waals surface area contributed by atoms with Gasteiger partial charge in [-0.05, 0) is 31.6 Å². The number of aliphatic hydroxyl groups excluding tert-OH is 1. The Labute approximate surface area is 150 Å². The first-order valence-corrected chi connectivity index (χ1v) is 9.76. The molecule has 6 nitrogen and oxygen atoms in total. The zero-order chi connectivity index (χ0) is 17.8. The van der Waals surface area contributed by atoms with Crippen molar-refractivity contribution in [3.8, 4) is 0 Å². The molecular weight excluding hydrogens is 316 g/mol. The highest BCUT2D eigenvalue weighted by Crippen LogP contribution is 2.36. The summed E-state index contributed by atoms with van der Waals surface area (Å²) in [5.41, 5.74) is 0. The number of aryl methyl sites for hydroxylation is 1. The second kappa shape index (κ2) is 8.32. The summed E-state index contributed by atoms with van der Waals surface area (Å²) in [6.45, 7) is 8.89. The zero-order valence-corrected chi connectivity index (χ0v) is 15.6. The van der Waals surface area contributed by atoms with E-state index in [1.54, 1.807) is 0 Å². The molecule has 25 heavy (non-hydrogen) atoms. The molecule has 3 heterocycles. The van der Waals surface area contributed by atoms with Crippen LogP contribution in [0.5, 0.6) is 0 Å². The number of aromatic nitrogens is 2. The van der Waals surface area contributed by atoms with Gasteiger partial charge in [-0.2, -0.15) is 0 Å². The van der Waals surface area contributed by atoms with Crippen LogP contribution < -0.4 is 0 Å². The molecule has 1 aromatic rings. The number of carbonyl (C=O) groups excluding carboxylic acids is 1. The number of likely N-dealkylation sites (tertiary alicyclic amines) is 1. The first-order valence-electron chi connectivity index (χ1n) is 9.76. The highest BCUT2D eigenvalue weighted by atomic mass is 16.3. The third kappa shape index (κ3) is 4.06. The molecule has 0 bridgehead atoms. The molecule has 1 atom stereocenters. The van der Waals surface area contributed by atoms with Gasteiger partial charge in [-0.3, -0.25) is 9.69 Å². The maximum atomic E-state index is 12.3. The van der Waals surface area contributed by atoms with Gasteiger partial charge in [0.15, 0.2) is 0 Å². The molecule has 3 rings (SSSR count). The number of rotatable bonds is 5. The number of fused-ring (bicyclic) bond motifs is 1. The molecule has 2 aliphatic heterocycles. The largest absolute Gasteiger partial charge is 0.396 e. The fourth-order valence-corrected chi connectivity index (χ4v) is 4.36. The van der Waals surface area contributed by atoms with Gasteiger partial charge in [-0.25, -0.2) is 4.98 Å². The Morgan fingerprint density at radius 3 is 2.72 bits per heavy atom. The van der Waals surface area contributed by atoms with Crippen molar-refractivity contribution in [3.63, 3.8) is 0 Å². The lowest BCUT2D eigenvalue weighted by Crippen LogP contribution is -2.44. The number of piperidine rings is 1. The van der Waals surface area contributed by atoms with Crippen molar-refractivity contribution in [2.75, 3.05) is 32.8 Å². The number of hydrogen-bond donors (Lipinski definition) is 1. The maximum Gasteiger partial charge on any atom is 0.225 e. The van der Waals surface area contributed by atoms with Crippen LogP contribution in [0.2, 0.25) is 0 Å². The van der Waals surface area contributed by atoms with E-state index in [1.165, 1.54) is 5.82 Å². The first kappa shape index (κ1) is 18.4. The van der Waals surface area contributed by atoms with Gasteiger partial charge in [0, 0.05) is 57.6 Å². The van der Waals surface area contributed by atoms with Crippen LogP contribution in [0, 0.1) is 11.8 Å². The highest BCUT2D eigenvalue weighted by Gasteiger charge is 2.36. The van der Waals surface area contributed by atoms with Crippen molar-refractivity contribution >= 4 is 5.91 Å². The zero-order valence-electron chi connectivity index (χ0n) is 15.6. The Morgan fingerprint density at radius 2 is 2.04 bits per heavy atom. The summed E-state index contributed by atoms with van der Waals surface area (Å²) < 4.78 is 2.30. The molecule has 6 heteroatoms. The average molecular weight is 348 g/mol. The van der Waals surface area contributed by atoms with Crippen LogP contribution >= 0.6 is 0 Å². The summed E-state index contributed by atoms with van der Waals surface area (Å²) in [4.78, 5) is 21.5. The second-order valence-electron chi connectivity index (χ2n) is 7.71. The van der Waals surface area contributed by atoms with Gasteiger partial charge in [0.1, 0.15) is 5.82 Å². The molecule has 0 spiro atoms. The molecule has 1 unspecified atom stereocenters. The van der Waals surface area contributed by atoms with Crippen molar-refractivity contribution in [1.82, 2.24) is 19.4 Å². The quantitative estimate of drug-likeness (QED) is 0.883. The lowest BCUT2D eigenvalue weighted by molar-refractivity contribution is -0.136. The summed E-state index contributed by atoms with van der Waals surface area (Å²) in [7, 11) is 0. The second-order valence-corrected chi connectivity index (χ2v) is 7.71. The summed E-state index contributed by atoms with van der Waals surface area (Å²) in [5, 5.41) is 9.28. The van der Waals surface area contributed by atoms with Gasteiger partial charge in [-0.15, -0.1) is 0 Å². The van der Waals surface area contributed by atoms with Crippen molar-refractivity contribution in [1.29, 1.82) is 0 Å². The monoisotopic (exact) mass is 348 g/mol. The summed E-state index contributed by atoms with van der Waals surface area (Å²) in [6.07, 6.45) is 8.00. The minimum atomic E-state index is 0.0781. The van der Waals surface area contributed by atoms with E-state index in [0.29, 0.717) is 12.0 Å². The Morgan fingerprint density at radius 1 is 1.28 bits per heavy atom. The minimum absolute atomic E-state index is 0.0781. The van der Waals surface area contributed by atoms with E-state index in [-0.39, 0.29) is 18.4 Å². The molecule has 1 N–H and O–H groups in total. The summed E-state index contributed by atoms with van der Waals surface area (Å²) in [6, 6.07) is 0.306. The molecule has 2 aliphatic rings.